The van der Waals surface area contributed by atoms with Gasteiger partial charge in [0.2, 0.25) is 0 Å². The maximum absolute atomic E-state index is 11.8. The molecule has 1 rings (SSSR count). The summed E-state index contributed by atoms with van der Waals surface area (Å²) in [5.41, 5.74) is 0. The molecule has 0 heterocycles. The minimum Gasteiger partial charge on any atom is -0.465 e. The molecule has 0 spiro atoms. The van der Waals surface area contributed by atoms with Crippen LogP contribution < -0.4 is 5.32 Å². The molecular weight excluding hydrogens is 242 g/mol. The van der Waals surface area contributed by atoms with E-state index in [0.29, 0.717) is 25.2 Å². The normalized spacial score (nSPS) is 28.9. The van der Waals surface area contributed by atoms with E-state index in [9.17, 15) is 4.79 Å². The van der Waals surface area contributed by atoms with Crippen molar-refractivity contribution in [1.29, 1.82) is 0 Å². The Balaban J connectivity index is 2.37. The van der Waals surface area contributed by atoms with Crippen molar-refractivity contribution in [1.82, 2.24) is 5.32 Å². The predicted molar refractivity (Wildman–Crippen MR) is 76.0 cm³/mol. The van der Waals surface area contributed by atoms with Crippen molar-refractivity contribution >= 4 is 5.97 Å². The molecule has 0 aromatic heterocycles. The molecule has 4 atom stereocenters. The van der Waals surface area contributed by atoms with Gasteiger partial charge in [-0.3, -0.25) is 4.79 Å². The second-order valence-corrected chi connectivity index (χ2v) is 5.59. The molecular formula is C15H29NO3. The first-order valence-electron chi connectivity index (χ1n) is 7.60. The zero-order chi connectivity index (χ0) is 14.3. The SMILES string of the molecule is CCNC(COC1CCC(C)C(C)C1)C(=O)OCC. The number of likely N-dealkylation sites (N-methyl/N-ethyl adjacent to an activating group) is 1. The van der Waals surface area contributed by atoms with Crippen LogP contribution in [0, 0.1) is 11.8 Å². The van der Waals surface area contributed by atoms with Gasteiger partial charge in [0.05, 0.1) is 19.3 Å². The van der Waals surface area contributed by atoms with Crippen LogP contribution in [0.5, 0.6) is 0 Å². The molecule has 0 saturated heterocycles. The molecule has 1 saturated carbocycles. The van der Waals surface area contributed by atoms with Crippen LogP contribution in [-0.2, 0) is 14.3 Å². The summed E-state index contributed by atoms with van der Waals surface area (Å²) >= 11 is 0. The highest BCUT2D eigenvalue weighted by Gasteiger charge is 2.27. The maximum Gasteiger partial charge on any atom is 0.325 e. The first-order chi connectivity index (χ1) is 9.08. The molecule has 4 unspecified atom stereocenters. The third-order valence-corrected chi connectivity index (χ3v) is 4.07. The van der Waals surface area contributed by atoms with Gasteiger partial charge in [-0.05, 0) is 44.6 Å². The largest absolute Gasteiger partial charge is 0.465 e. The third kappa shape index (κ3) is 5.49. The Morgan fingerprint density at radius 1 is 1.26 bits per heavy atom. The van der Waals surface area contributed by atoms with E-state index in [0.717, 1.165) is 25.3 Å². The average Bonchev–Trinajstić information content (AvgIpc) is 2.38. The molecule has 4 nitrogen and oxygen atoms in total. The summed E-state index contributed by atoms with van der Waals surface area (Å²) < 4.78 is 11.0. The summed E-state index contributed by atoms with van der Waals surface area (Å²) in [5.74, 6) is 1.29. The molecule has 1 aliphatic rings. The quantitative estimate of drug-likeness (QED) is 0.722. The Hall–Kier alpha value is -0.610. The van der Waals surface area contributed by atoms with Crippen molar-refractivity contribution in [2.24, 2.45) is 11.8 Å². The van der Waals surface area contributed by atoms with E-state index < -0.39 is 0 Å². The molecule has 0 radical (unpaired) electrons. The van der Waals surface area contributed by atoms with E-state index in [1.165, 1.54) is 6.42 Å². The van der Waals surface area contributed by atoms with Gasteiger partial charge in [0.1, 0.15) is 6.04 Å². The molecule has 4 heteroatoms. The van der Waals surface area contributed by atoms with Gasteiger partial charge < -0.3 is 14.8 Å². The van der Waals surface area contributed by atoms with Gasteiger partial charge in [0, 0.05) is 0 Å². The van der Waals surface area contributed by atoms with E-state index in [4.69, 9.17) is 9.47 Å². The predicted octanol–water partition coefficient (Wildman–Crippen LogP) is 2.37. The van der Waals surface area contributed by atoms with Crippen LogP contribution in [0.1, 0.15) is 47.0 Å². The number of esters is 1. The molecule has 1 aliphatic carbocycles. The highest BCUT2D eigenvalue weighted by atomic mass is 16.5. The fraction of sp³-hybridized carbons (Fsp3) is 0.933. The zero-order valence-electron chi connectivity index (χ0n) is 12.8. The van der Waals surface area contributed by atoms with E-state index in [2.05, 4.69) is 19.2 Å². The minimum atomic E-state index is -0.334. The Morgan fingerprint density at radius 3 is 2.58 bits per heavy atom. The van der Waals surface area contributed by atoms with Crippen LogP contribution in [0.2, 0.25) is 0 Å². The van der Waals surface area contributed by atoms with E-state index in [1.807, 2.05) is 13.8 Å². The van der Waals surface area contributed by atoms with E-state index in [1.54, 1.807) is 0 Å². The average molecular weight is 271 g/mol. The summed E-state index contributed by atoms with van der Waals surface area (Å²) in [4.78, 5) is 11.8. The van der Waals surface area contributed by atoms with Crippen molar-refractivity contribution in [2.45, 2.75) is 59.1 Å². The molecule has 1 fully saturated rings. The van der Waals surface area contributed by atoms with Crippen LogP contribution >= 0.6 is 0 Å². The third-order valence-electron chi connectivity index (χ3n) is 4.07. The molecule has 19 heavy (non-hydrogen) atoms. The summed E-state index contributed by atoms with van der Waals surface area (Å²) in [6.07, 6.45) is 3.72. The van der Waals surface area contributed by atoms with Crippen LogP contribution in [0.25, 0.3) is 0 Å². The van der Waals surface area contributed by atoms with Crippen molar-refractivity contribution in [3.05, 3.63) is 0 Å². The lowest BCUT2D eigenvalue weighted by molar-refractivity contribution is -0.148. The fourth-order valence-electron chi connectivity index (χ4n) is 2.58. The topological polar surface area (TPSA) is 47.6 Å². The highest BCUT2D eigenvalue weighted by Crippen LogP contribution is 2.30. The summed E-state index contributed by atoms with van der Waals surface area (Å²) in [6, 6.07) is -0.334. The van der Waals surface area contributed by atoms with Gasteiger partial charge >= 0.3 is 5.97 Å². The molecule has 0 aliphatic heterocycles. The van der Waals surface area contributed by atoms with Gasteiger partial charge in [-0.2, -0.15) is 0 Å². The van der Waals surface area contributed by atoms with Gasteiger partial charge in [-0.25, -0.2) is 0 Å². The van der Waals surface area contributed by atoms with Gasteiger partial charge in [0.25, 0.3) is 0 Å². The monoisotopic (exact) mass is 271 g/mol. The smallest absolute Gasteiger partial charge is 0.325 e. The first kappa shape index (κ1) is 16.4. The van der Waals surface area contributed by atoms with Crippen molar-refractivity contribution in [3.63, 3.8) is 0 Å². The molecule has 112 valence electrons. The Bertz CT molecular complexity index is 270. The lowest BCUT2D eigenvalue weighted by atomic mass is 9.80. The first-order valence-corrected chi connectivity index (χ1v) is 7.60. The number of hydrogen-bond donors (Lipinski definition) is 1. The van der Waals surface area contributed by atoms with Crippen molar-refractivity contribution in [2.75, 3.05) is 19.8 Å². The Kier molecular flexibility index (Phi) is 7.39. The number of rotatable bonds is 7. The molecule has 0 aromatic carbocycles. The van der Waals surface area contributed by atoms with Gasteiger partial charge in [-0.1, -0.05) is 20.8 Å². The van der Waals surface area contributed by atoms with E-state index in [-0.39, 0.29) is 12.0 Å². The van der Waals surface area contributed by atoms with Gasteiger partial charge in [-0.15, -0.1) is 0 Å². The second-order valence-electron chi connectivity index (χ2n) is 5.59. The summed E-state index contributed by atoms with van der Waals surface area (Å²) in [7, 11) is 0. The lowest BCUT2D eigenvalue weighted by Crippen LogP contribution is -2.43. The number of carbonyl (C=O) groups excluding carboxylic acids is 1. The number of carbonyl (C=O) groups is 1. The van der Waals surface area contributed by atoms with Crippen LogP contribution in [-0.4, -0.2) is 37.9 Å². The number of ether oxygens (including phenoxy) is 2. The number of nitrogens with one attached hydrogen (secondary N) is 1. The maximum atomic E-state index is 11.8. The van der Waals surface area contributed by atoms with Crippen molar-refractivity contribution in [3.8, 4) is 0 Å². The molecule has 0 bridgehead atoms. The van der Waals surface area contributed by atoms with Gasteiger partial charge in [0.15, 0.2) is 0 Å². The zero-order valence-corrected chi connectivity index (χ0v) is 12.8. The van der Waals surface area contributed by atoms with Crippen molar-refractivity contribution < 1.29 is 14.3 Å². The fourth-order valence-corrected chi connectivity index (χ4v) is 2.58. The highest BCUT2D eigenvalue weighted by molar-refractivity contribution is 5.75. The van der Waals surface area contributed by atoms with Crippen LogP contribution in [0.4, 0.5) is 0 Å². The standard InChI is InChI=1S/C15H29NO3/c1-5-16-14(15(17)18-6-2)10-19-13-8-7-11(3)12(4)9-13/h11-14,16H,5-10H2,1-4H3. The lowest BCUT2D eigenvalue weighted by Gasteiger charge is -2.32. The molecule has 0 amide bonds. The second kappa shape index (κ2) is 8.54. The molecule has 1 N–H and O–H groups in total. The molecule has 0 aromatic rings. The Morgan fingerprint density at radius 2 is 2.00 bits per heavy atom. The number of hydrogen-bond acceptors (Lipinski definition) is 4. The summed E-state index contributed by atoms with van der Waals surface area (Å²) in [6.45, 7) is 9.97. The Labute approximate surface area is 117 Å². The van der Waals surface area contributed by atoms with E-state index >= 15 is 0 Å². The van der Waals surface area contributed by atoms with Crippen LogP contribution in [0.3, 0.4) is 0 Å². The minimum absolute atomic E-state index is 0.207. The van der Waals surface area contributed by atoms with Crippen LogP contribution in [0.15, 0.2) is 0 Å². The summed E-state index contributed by atoms with van der Waals surface area (Å²) in [5, 5.41) is 3.13.